The molecule has 0 aliphatic rings. The molecule has 1 aromatic carbocycles. The Hall–Kier alpha value is -2.36. The third-order valence-corrected chi connectivity index (χ3v) is 4.35. The van der Waals surface area contributed by atoms with Gasteiger partial charge in [-0.3, -0.25) is 9.59 Å². The van der Waals surface area contributed by atoms with Crippen LogP contribution in [-0.4, -0.2) is 21.2 Å². The van der Waals surface area contributed by atoms with E-state index in [1.54, 1.807) is 6.07 Å². The Morgan fingerprint density at radius 3 is 2.35 bits per heavy atom. The van der Waals surface area contributed by atoms with Crippen LogP contribution in [0.25, 0.3) is 10.9 Å². The summed E-state index contributed by atoms with van der Waals surface area (Å²) in [6.45, 7) is 8.43. The molecule has 0 unspecified atom stereocenters. The molecule has 4 heteroatoms. The topological polar surface area (TPSA) is 59.3 Å². The average Bonchev–Trinajstić information content (AvgIpc) is 2.99. The second kappa shape index (κ2) is 11.3. The van der Waals surface area contributed by atoms with Gasteiger partial charge in [0.1, 0.15) is 5.75 Å². The van der Waals surface area contributed by atoms with Crippen molar-refractivity contribution in [3.05, 3.63) is 42.6 Å². The van der Waals surface area contributed by atoms with Crippen LogP contribution >= 0.6 is 0 Å². The van der Waals surface area contributed by atoms with Crippen LogP contribution in [0.1, 0.15) is 53.4 Å². The number of phenolic OH excluding ortho intramolecular Hbond substituents is 1. The molecule has 1 atom stereocenters. The van der Waals surface area contributed by atoms with Crippen molar-refractivity contribution in [2.75, 3.05) is 0 Å². The van der Waals surface area contributed by atoms with E-state index in [2.05, 4.69) is 30.7 Å². The van der Waals surface area contributed by atoms with Gasteiger partial charge in [-0.1, -0.05) is 33.1 Å². The van der Waals surface area contributed by atoms with Crippen molar-refractivity contribution in [3.8, 4) is 5.75 Å². The first-order valence-electron chi connectivity index (χ1n) is 9.30. The fraction of sp³-hybridized carbons (Fsp3) is 0.455. The van der Waals surface area contributed by atoms with E-state index in [0.717, 1.165) is 18.0 Å². The summed E-state index contributed by atoms with van der Waals surface area (Å²) in [6, 6.07) is 7.68. The molecule has 142 valence electrons. The number of benzene rings is 1. The number of aromatic nitrogens is 1. The molecule has 0 saturated carbocycles. The number of rotatable bonds is 8. The molecule has 26 heavy (non-hydrogen) atoms. The Labute approximate surface area is 156 Å². The summed E-state index contributed by atoms with van der Waals surface area (Å²) in [5.74, 6) is 0.998. The number of carbonyl (C=O) groups is 2. The van der Waals surface area contributed by atoms with E-state index < -0.39 is 0 Å². The van der Waals surface area contributed by atoms with Gasteiger partial charge >= 0.3 is 0 Å². The number of allylic oxidation sites excluding steroid dienone is 2. The van der Waals surface area contributed by atoms with Crippen molar-refractivity contribution in [3.63, 3.8) is 0 Å². The third kappa shape index (κ3) is 8.15. The number of fused-ring (bicyclic) bond motifs is 1. The average molecular weight is 357 g/mol. The van der Waals surface area contributed by atoms with Crippen LogP contribution in [0.15, 0.2) is 42.6 Å². The molecule has 0 aliphatic carbocycles. The van der Waals surface area contributed by atoms with Gasteiger partial charge in [-0.15, -0.1) is 0 Å². The molecule has 0 bridgehead atoms. The van der Waals surface area contributed by atoms with Crippen LogP contribution in [0.2, 0.25) is 0 Å². The molecule has 0 amide bonds. The third-order valence-electron chi connectivity index (χ3n) is 4.35. The molecule has 0 aliphatic heterocycles. The number of ketones is 2. The lowest BCUT2D eigenvalue weighted by Crippen LogP contribution is -1.98. The Bertz CT molecular complexity index is 727. The number of phenols is 1. The monoisotopic (exact) mass is 357 g/mol. The molecule has 0 saturated heterocycles. The Morgan fingerprint density at radius 2 is 1.77 bits per heavy atom. The van der Waals surface area contributed by atoms with Gasteiger partial charge in [0, 0.05) is 18.8 Å². The van der Waals surface area contributed by atoms with Crippen molar-refractivity contribution in [2.24, 2.45) is 5.92 Å². The molecule has 1 heterocycles. The predicted octanol–water partition coefficient (Wildman–Crippen LogP) is 5.28. The van der Waals surface area contributed by atoms with Crippen LogP contribution < -0.4 is 0 Å². The molecular formula is C22H31NO3. The largest absolute Gasteiger partial charge is 0.508 e. The number of aromatic hydroxyl groups is 1. The highest BCUT2D eigenvalue weighted by atomic mass is 16.3. The Morgan fingerprint density at radius 1 is 1.12 bits per heavy atom. The highest BCUT2D eigenvalue weighted by molar-refractivity contribution is 5.96. The van der Waals surface area contributed by atoms with Gasteiger partial charge in [-0.05, 0) is 61.9 Å². The fourth-order valence-corrected chi connectivity index (χ4v) is 2.58. The zero-order chi connectivity index (χ0) is 19.5. The minimum atomic E-state index is -0.0970. The van der Waals surface area contributed by atoms with Crippen molar-refractivity contribution in [1.29, 1.82) is 0 Å². The predicted molar refractivity (Wildman–Crippen MR) is 107 cm³/mol. The number of unbranched alkanes of at least 4 members (excludes halogenated alkanes) is 1. The highest BCUT2D eigenvalue weighted by Gasteiger charge is 2.03. The first kappa shape index (κ1) is 21.7. The van der Waals surface area contributed by atoms with Gasteiger partial charge < -0.3 is 9.67 Å². The maximum Gasteiger partial charge on any atom is 0.152 e. The minimum Gasteiger partial charge on any atom is -0.508 e. The second-order valence-corrected chi connectivity index (χ2v) is 6.82. The maximum absolute atomic E-state index is 10.1. The normalized spacial score (nSPS) is 12.0. The van der Waals surface area contributed by atoms with Crippen molar-refractivity contribution >= 4 is 22.5 Å². The number of nitrogens with zero attached hydrogens (tertiary/aromatic N) is 1. The highest BCUT2D eigenvalue weighted by Crippen LogP contribution is 2.22. The Kier molecular flexibility index (Phi) is 9.42. The maximum atomic E-state index is 10.1. The number of hydrogen-bond donors (Lipinski definition) is 1. The standard InChI is InChI=1S/C16H23NO.C6H8O2/c1-3-13(2)6-4-5-10-17-11-9-14-7-8-15(18)12-16(14)17;1-5(7)3-4-6(2)8/h7-9,11-13,18H,3-6,10H2,1-2H3;3-4H,1-2H3/b;4-3-/t13-;/m1./s1. The van der Waals surface area contributed by atoms with Crippen LogP contribution in [-0.2, 0) is 16.1 Å². The molecule has 0 fully saturated rings. The summed E-state index contributed by atoms with van der Waals surface area (Å²) in [7, 11) is 0. The van der Waals surface area contributed by atoms with Gasteiger partial charge in [-0.2, -0.15) is 0 Å². The van der Waals surface area contributed by atoms with Crippen LogP contribution in [0, 0.1) is 5.92 Å². The SMILES string of the molecule is CC(=O)/C=C\C(C)=O.CC[C@@H](C)CCCCn1ccc2ccc(O)cc21. The lowest BCUT2D eigenvalue weighted by Gasteiger charge is -2.09. The molecule has 2 rings (SSSR count). The molecule has 4 nitrogen and oxygen atoms in total. The van der Waals surface area contributed by atoms with Crippen LogP contribution in [0.5, 0.6) is 5.75 Å². The van der Waals surface area contributed by atoms with E-state index >= 15 is 0 Å². The number of aryl methyl sites for hydroxylation is 1. The zero-order valence-corrected chi connectivity index (χ0v) is 16.4. The fourth-order valence-electron chi connectivity index (χ4n) is 2.58. The van der Waals surface area contributed by atoms with E-state index in [-0.39, 0.29) is 11.6 Å². The van der Waals surface area contributed by atoms with E-state index in [9.17, 15) is 14.7 Å². The summed E-state index contributed by atoms with van der Waals surface area (Å²) in [5, 5.41) is 10.7. The first-order chi connectivity index (χ1) is 12.3. The van der Waals surface area contributed by atoms with E-state index in [1.165, 1.54) is 57.1 Å². The molecule has 0 radical (unpaired) electrons. The van der Waals surface area contributed by atoms with Gasteiger partial charge in [-0.25, -0.2) is 0 Å². The van der Waals surface area contributed by atoms with Gasteiger partial charge in [0.25, 0.3) is 0 Å². The smallest absolute Gasteiger partial charge is 0.152 e. The summed E-state index contributed by atoms with van der Waals surface area (Å²) in [6.07, 6.45) is 9.72. The van der Waals surface area contributed by atoms with E-state index in [0.29, 0.717) is 5.75 Å². The lowest BCUT2D eigenvalue weighted by atomic mass is 10.0. The molecule has 2 aromatic rings. The molecule has 0 spiro atoms. The van der Waals surface area contributed by atoms with E-state index in [4.69, 9.17) is 0 Å². The number of carbonyl (C=O) groups excluding carboxylic acids is 2. The lowest BCUT2D eigenvalue weighted by molar-refractivity contribution is -0.114. The number of hydrogen-bond acceptors (Lipinski definition) is 3. The van der Waals surface area contributed by atoms with Gasteiger partial charge in [0.05, 0.1) is 5.52 Å². The van der Waals surface area contributed by atoms with Crippen LogP contribution in [0.4, 0.5) is 0 Å². The quantitative estimate of drug-likeness (QED) is 0.516. The van der Waals surface area contributed by atoms with Crippen molar-refractivity contribution in [2.45, 2.75) is 59.9 Å². The van der Waals surface area contributed by atoms with Gasteiger partial charge in [0.15, 0.2) is 11.6 Å². The summed E-state index contributed by atoms with van der Waals surface area (Å²) < 4.78 is 2.24. The van der Waals surface area contributed by atoms with Crippen molar-refractivity contribution < 1.29 is 14.7 Å². The molecular weight excluding hydrogens is 326 g/mol. The Balaban J connectivity index is 0.000000359. The van der Waals surface area contributed by atoms with Crippen molar-refractivity contribution in [1.82, 2.24) is 4.57 Å². The summed E-state index contributed by atoms with van der Waals surface area (Å²) in [4.78, 5) is 20.2. The van der Waals surface area contributed by atoms with Crippen LogP contribution in [0.3, 0.4) is 0 Å². The van der Waals surface area contributed by atoms with Gasteiger partial charge in [0.2, 0.25) is 0 Å². The summed E-state index contributed by atoms with van der Waals surface area (Å²) in [5.41, 5.74) is 1.14. The first-order valence-corrected chi connectivity index (χ1v) is 9.30. The second-order valence-electron chi connectivity index (χ2n) is 6.82. The molecule has 1 N–H and O–H groups in total. The molecule has 1 aromatic heterocycles. The summed E-state index contributed by atoms with van der Waals surface area (Å²) >= 11 is 0. The minimum absolute atomic E-state index is 0.0970. The van der Waals surface area contributed by atoms with E-state index in [1.807, 2.05) is 12.1 Å². The zero-order valence-electron chi connectivity index (χ0n) is 16.4.